The normalized spacial score (nSPS) is 19.6. The summed E-state index contributed by atoms with van der Waals surface area (Å²) in [5.41, 5.74) is -0.226. The van der Waals surface area contributed by atoms with Gasteiger partial charge >= 0.3 is 0 Å². The van der Waals surface area contributed by atoms with E-state index in [1.54, 1.807) is 13.8 Å². The third-order valence-electron chi connectivity index (χ3n) is 0.673. The third kappa shape index (κ3) is 3.15. The molecule has 0 aliphatic rings. The largest absolute Gasteiger partial charge is 0.337 e. The molecule has 0 aromatic heterocycles. The van der Waals surface area contributed by atoms with Crippen molar-refractivity contribution in [1.82, 2.24) is 0 Å². The maximum absolute atomic E-state index is 10.3. The Balaban J connectivity index is 3.80. The lowest BCUT2D eigenvalue weighted by atomic mass is 10.6. The zero-order valence-electron chi connectivity index (χ0n) is 4.33. The monoisotopic (exact) mass is 140 g/mol. The van der Waals surface area contributed by atoms with Crippen LogP contribution in [0.5, 0.6) is 0 Å². The van der Waals surface area contributed by atoms with E-state index in [9.17, 15) is 4.57 Å². The predicted molar refractivity (Wildman–Crippen MR) is 33.9 cm³/mol. The van der Waals surface area contributed by atoms with Gasteiger partial charge in [0.15, 0.2) is 0 Å². The first kappa shape index (κ1) is 7.54. The zero-order chi connectivity index (χ0) is 6.08. The van der Waals surface area contributed by atoms with Gasteiger partial charge in [0.25, 0.3) is 6.57 Å². The van der Waals surface area contributed by atoms with Crippen LogP contribution in [0.15, 0.2) is 0 Å². The molecule has 0 aromatic carbocycles. The Hall–Kier alpha value is 0.540. The molecule has 0 saturated heterocycles. The Labute approximate surface area is 48.5 Å². The SMILES string of the molecule is CC(C)P(=O)(O)S. The van der Waals surface area contributed by atoms with Crippen LogP contribution in [-0.4, -0.2) is 10.6 Å². The Bertz CT molecular complexity index is 95.1. The molecule has 0 aliphatic heterocycles. The highest BCUT2D eigenvalue weighted by Crippen LogP contribution is 2.50. The van der Waals surface area contributed by atoms with E-state index in [4.69, 9.17) is 4.89 Å². The Morgan fingerprint density at radius 2 is 1.86 bits per heavy atom. The van der Waals surface area contributed by atoms with Crippen molar-refractivity contribution in [2.75, 3.05) is 0 Å². The smallest absolute Gasteiger partial charge is 0.254 e. The molecule has 44 valence electrons. The van der Waals surface area contributed by atoms with Gasteiger partial charge in [-0.25, -0.2) is 0 Å². The van der Waals surface area contributed by atoms with Crippen LogP contribution in [-0.2, 0) is 4.57 Å². The van der Waals surface area contributed by atoms with Gasteiger partial charge < -0.3 is 4.89 Å². The van der Waals surface area contributed by atoms with E-state index in [1.807, 2.05) is 0 Å². The minimum Gasteiger partial charge on any atom is -0.337 e. The van der Waals surface area contributed by atoms with Crippen molar-refractivity contribution in [3.63, 3.8) is 0 Å². The Kier molecular flexibility index (Phi) is 2.38. The maximum Gasteiger partial charge on any atom is 0.254 e. The van der Waals surface area contributed by atoms with Crippen molar-refractivity contribution in [1.29, 1.82) is 0 Å². The summed E-state index contributed by atoms with van der Waals surface area (Å²) in [6.07, 6.45) is 0. The van der Waals surface area contributed by atoms with E-state index in [0.717, 1.165) is 0 Å². The molecule has 0 fully saturated rings. The fraction of sp³-hybridized carbons (Fsp3) is 1.00. The standard InChI is InChI=1S/C3H9O2PS/c1-3(2)6(4,5)7/h3H,1-2H3,(H2,4,5,7). The third-order valence-corrected chi connectivity index (χ3v) is 3.40. The summed E-state index contributed by atoms with van der Waals surface area (Å²) in [5.74, 6) is 0. The van der Waals surface area contributed by atoms with E-state index < -0.39 is 6.57 Å². The lowest BCUT2D eigenvalue weighted by molar-refractivity contribution is 0.489. The van der Waals surface area contributed by atoms with Gasteiger partial charge in [0.2, 0.25) is 0 Å². The van der Waals surface area contributed by atoms with E-state index in [-0.39, 0.29) is 5.66 Å². The second-order valence-electron chi connectivity index (χ2n) is 1.68. The molecule has 0 spiro atoms. The van der Waals surface area contributed by atoms with Crippen molar-refractivity contribution < 1.29 is 9.46 Å². The molecule has 0 aliphatic carbocycles. The van der Waals surface area contributed by atoms with Gasteiger partial charge in [0.1, 0.15) is 0 Å². The van der Waals surface area contributed by atoms with Gasteiger partial charge in [-0.15, -0.1) is 0 Å². The van der Waals surface area contributed by atoms with Gasteiger partial charge in [-0.05, 0) is 0 Å². The number of hydrogen-bond acceptors (Lipinski definition) is 1. The first-order valence-electron chi connectivity index (χ1n) is 2.00. The van der Waals surface area contributed by atoms with Crippen LogP contribution in [0, 0.1) is 0 Å². The predicted octanol–water partition coefficient (Wildman–Crippen LogP) is 1.51. The summed E-state index contributed by atoms with van der Waals surface area (Å²) in [7, 11) is 0. The highest BCUT2D eigenvalue weighted by molar-refractivity contribution is 8.46. The molecule has 0 rings (SSSR count). The summed E-state index contributed by atoms with van der Waals surface area (Å²) in [4.78, 5) is 8.51. The minimum atomic E-state index is -3.04. The van der Waals surface area contributed by atoms with Crippen molar-refractivity contribution >= 4 is 18.8 Å². The first-order chi connectivity index (χ1) is 2.94. The molecule has 2 nitrogen and oxygen atoms in total. The average molecular weight is 140 g/mol. The van der Waals surface area contributed by atoms with Crippen molar-refractivity contribution in [2.45, 2.75) is 19.5 Å². The van der Waals surface area contributed by atoms with Crippen LogP contribution in [0.4, 0.5) is 0 Å². The van der Waals surface area contributed by atoms with Gasteiger partial charge in [0.05, 0.1) is 0 Å². The molecule has 1 atom stereocenters. The Morgan fingerprint density at radius 3 is 1.86 bits per heavy atom. The van der Waals surface area contributed by atoms with Gasteiger partial charge in [-0.2, -0.15) is 0 Å². The Morgan fingerprint density at radius 1 is 1.71 bits per heavy atom. The van der Waals surface area contributed by atoms with E-state index in [0.29, 0.717) is 0 Å². The summed E-state index contributed by atoms with van der Waals surface area (Å²) >= 11 is 3.46. The molecule has 7 heavy (non-hydrogen) atoms. The molecule has 0 aromatic rings. The number of hydrogen-bond donors (Lipinski definition) is 2. The van der Waals surface area contributed by atoms with Crippen LogP contribution < -0.4 is 0 Å². The summed E-state index contributed by atoms with van der Waals surface area (Å²) in [6, 6.07) is 0. The van der Waals surface area contributed by atoms with Gasteiger partial charge in [-0.3, -0.25) is 4.57 Å². The molecule has 0 radical (unpaired) electrons. The lowest BCUT2D eigenvalue weighted by Gasteiger charge is -2.05. The second kappa shape index (κ2) is 2.21. The highest BCUT2D eigenvalue weighted by Gasteiger charge is 2.15. The van der Waals surface area contributed by atoms with Crippen LogP contribution in [0.25, 0.3) is 0 Å². The molecular formula is C3H9O2PS. The van der Waals surface area contributed by atoms with E-state index in [2.05, 4.69) is 12.2 Å². The van der Waals surface area contributed by atoms with Crippen molar-refractivity contribution in [2.24, 2.45) is 0 Å². The molecule has 1 unspecified atom stereocenters. The van der Waals surface area contributed by atoms with Crippen LogP contribution in [0.1, 0.15) is 13.8 Å². The summed E-state index contributed by atoms with van der Waals surface area (Å²) in [6.45, 7) is 0.278. The highest BCUT2D eigenvalue weighted by atomic mass is 32.7. The maximum atomic E-state index is 10.3. The van der Waals surface area contributed by atoms with E-state index in [1.165, 1.54) is 0 Å². The molecule has 0 heterocycles. The number of thiol groups is 1. The fourth-order valence-electron chi connectivity index (χ4n) is 0. The molecule has 0 saturated carbocycles. The average Bonchev–Trinajstić information content (AvgIpc) is 1.31. The molecular weight excluding hydrogens is 131 g/mol. The molecule has 0 bridgehead atoms. The lowest BCUT2D eigenvalue weighted by Crippen LogP contribution is -1.88. The van der Waals surface area contributed by atoms with Crippen LogP contribution >= 0.6 is 18.8 Å². The summed E-state index contributed by atoms with van der Waals surface area (Å²) < 4.78 is 10.3. The molecule has 4 heteroatoms. The quantitative estimate of drug-likeness (QED) is 0.428. The van der Waals surface area contributed by atoms with Crippen molar-refractivity contribution in [3.05, 3.63) is 0 Å². The van der Waals surface area contributed by atoms with Crippen LogP contribution in [0.3, 0.4) is 0 Å². The summed E-state index contributed by atoms with van der Waals surface area (Å²) in [5, 5.41) is 0. The minimum absolute atomic E-state index is 0.226. The number of rotatable bonds is 1. The molecule has 1 N–H and O–H groups in total. The first-order valence-corrected chi connectivity index (χ1v) is 4.88. The molecule has 0 amide bonds. The van der Waals surface area contributed by atoms with Crippen LogP contribution in [0.2, 0.25) is 0 Å². The second-order valence-corrected chi connectivity index (χ2v) is 5.61. The fourth-order valence-corrected chi connectivity index (χ4v) is 0. The van der Waals surface area contributed by atoms with Gasteiger partial charge in [-0.1, -0.05) is 26.1 Å². The van der Waals surface area contributed by atoms with E-state index >= 15 is 0 Å². The van der Waals surface area contributed by atoms with Gasteiger partial charge in [0, 0.05) is 5.66 Å². The zero-order valence-corrected chi connectivity index (χ0v) is 6.12. The van der Waals surface area contributed by atoms with Crippen molar-refractivity contribution in [3.8, 4) is 0 Å². The topological polar surface area (TPSA) is 37.3 Å².